The number of hydrogen-bond donors (Lipinski definition) is 2. The molecule has 6 heteroatoms. The fraction of sp³-hybridized carbons (Fsp3) is 0.556. The van der Waals surface area contributed by atoms with Gasteiger partial charge >= 0.3 is 0 Å². The van der Waals surface area contributed by atoms with Gasteiger partial charge in [0, 0.05) is 6.54 Å². The number of aliphatic hydroxyl groups is 1. The van der Waals surface area contributed by atoms with Crippen LogP contribution in [0.2, 0.25) is 0 Å². The average Bonchev–Trinajstić information content (AvgIpc) is 2.66. The lowest BCUT2D eigenvalue weighted by molar-refractivity contribution is 0.282. The van der Waals surface area contributed by atoms with Gasteiger partial charge in [0.2, 0.25) is 10.0 Å². The largest absolute Gasteiger partial charge is 0.392 e. The summed E-state index contributed by atoms with van der Waals surface area (Å²) in [6.45, 7) is 2.34. The van der Waals surface area contributed by atoms with Gasteiger partial charge in [0.1, 0.15) is 4.21 Å². The second kappa shape index (κ2) is 5.60. The van der Waals surface area contributed by atoms with Crippen LogP contribution in [0, 0.1) is 0 Å². The standard InChI is InChI=1S/C9H15NO3S2/c1-2-3-4-10-15(12,13)9-5-8(6-11)7-14-9/h5,7,10-11H,2-4,6H2,1H3. The molecular weight excluding hydrogens is 234 g/mol. The highest BCUT2D eigenvalue weighted by Crippen LogP contribution is 2.19. The summed E-state index contributed by atoms with van der Waals surface area (Å²) in [7, 11) is -3.36. The molecule has 0 radical (unpaired) electrons. The Labute approximate surface area is 94.0 Å². The van der Waals surface area contributed by atoms with Crippen molar-refractivity contribution in [2.24, 2.45) is 0 Å². The molecule has 0 bridgehead atoms. The quantitative estimate of drug-likeness (QED) is 0.747. The third-order valence-electron chi connectivity index (χ3n) is 1.90. The fourth-order valence-corrected chi connectivity index (χ4v) is 3.35. The van der Waals surface area contributed by atoms with Crippen molar-refractivity contribution in [2.45, 2.75) is 30.6 Å². The minimum absolute atomic E-state index is 0.124. The van der Waals surface area contributed by atoms with E-state index in [0.29, 0.717) is 12.1 Å². The lowest BCUT2D eigenvalue weighted by atomic mass is 10.3. The zero-order valence-corrected chi connectivity index (χ0v) is 10.2. The maximum absolute atomic E-state index is 11.7. The Morgan fingerprint density at radius 3 is 2.80 bits per heavy atom. The first-order valence-electron chi connectivity index (χ1n) is 4.78. The molecule has 0 saturated carbocycles. The van der Waals surface area contributed by atoms with E-state index in [2.05, 4.69) is 4.72 Å². The molecule has 0 spiro atoms. The molecule has 0 aliphatic rings. The number of rotatable bonds is 6. The Bertz CT molecular complexity index is 397. The van der Waals surface area contributed by atoms with Gasteiger partial charge in [-0.1, -0.05) is 13.3 Å². The number of sulfonamides is 1. The summed E-state index contributed by atoms with van der Waals surface area (Å²) >= 11 is 1.13. The Morgan fingerprint density at radius 1 is 1.53 bits per heavy atom. The van der Waals surface area contributed by atoms with Crippen molar-refractivity contribution in [3.63, 3.8) is 0 Å². The van der Waals surface area contributed by atoms with Crippen molar-refractivity contribution in [3.8, 4) is 0 Å². The second-order valence-electron chi connectivity index (χ2n) is 3.18. The summed E-state index contributed by atoms with van der Waals surface area (Å²) in [4.78, 5) is 0. The van der Waals surface area contributed by atoms with E-state index in [9.17, 15) is 8.42 Å². The van der Waals surface area contributed by atoms with Gasteiger partial charge in [0.25, 0.3) is 0 Å². The van der Waals surface area contributed by atoms with E-state index in [1.54, 1.807) is 5.38 Å². The van der Waals surface area contributed by atoms with Gasteiger partial charge in [0.05, 0.1) is 6.61 Å². The van der Waals surface area contributed by atoms with Crippen LogP contribution in [0.15, 0.2) is 15.7 Å². The van der Waals surface area contributed by atoms with Gasteiger partial charge in [-0.25, -0.2) is 13.1 Å². The zero-order valence-electron chi connectivity index (χ0n) is 8.56. The van der Waals surface area contributed by atoms with Crippen LogP contribution in [0.1, 0.15) is 25.3 Å². The van der Waals surface area contributed by atoms with E-state index >= 15 is 0 Å². The number of unbranched alkanes of at least 4 members (excludes halogenated alkanes) is 1. The van der Waals surface area contributed by atoms with Crippen LogP contribution < -0.4 is 4.72 Å². The molecule has 0 amide bonds. The van der Waals surface area contributed by atoms with Crippen molar-refractivity contribution in [3.05, 3.63) is 17.0 Å². The predicted octanol–water partition coefficient (Wildman–Crippen LogP) is 1.32. The topological polar surface area (TPSA) is 66.4 Å². The van der Waals surface area contributed by atoms with E-state index in [0.717, 1.165) is 24.2 Å². The van der Waals surface area contributed by atoms with E-state index in [1.807, 2.05) is 6.92 Å². The Kier molecular flexibility index (Phi) is 4.72. The van der Waals surface area contributed by atoms with Crippen molar-refractivity contribution in [1.82, 2.24) is 4.72 Å². The van der Waals surface area contributed by atoms with Crippen LogP contribution >= 0.6 is 11.3 Å². The highest BCUT2D eigenvalue weighted by Gasteiger charge is 2.15. The average molecular weight is 249 g/mol. The van der Waals surface area contributed by atoms with Gasteiger partial charge in [-0.15, -0.1) is 11.3 Å². The number of thiophene rings is 1. The van der Waals surface area contributed by atoms with E-state index in [-0.39, 0.29) is 10.8 Å². The molecule has 0 unspecified atom stereocenters. The van der Waals surface area contributed by atoms with Crippen molar-refractivity contribution >= 4 is 21.4 Å². The summed E-state index contributed by atoms with van der Waals surface area (Å²) in [5.41, 5.74) is 0.635. The normalized spacial score (nSPS) is 11.9. The Morgan fingerprint density at radius 2 is 2.27 bits per heavy atom. The summed E-state index contributed by atoms with van der Waals surface area (Å²) in [5, 5.41) is 10.5. The fourth-order valence-electron chi connectivity index (χ4n) is 1.03. The first-order chi connectivity index (χ1) is 7.10. The van der Waals surface area contributed by atoms with Gasteiger partial charge in [-0.3, -0.25) is 0 Å². The molecule has 0 atom stereocenters. The molecule has 15 heavy (non-hydrogen) atoms. The van der Waals surface area contributed by atoms with Crippen molar-refractivity contribution in [1.29, 1.82) is 0 Å². The van der Waals surface area contributed by atoms with Crippen LogP contribution in [0.5, 0.6) is 0 Å². The van der Waals surface area contributed by atoms with E-state index < -0.39 is 10.0 Å². The van der Waals surface area contributed by atoms with Gasteiger partial charge in [-0.2, -0.15) is 0 Å². The lowest BCUT2D eigenvalue weighted by Gasteiger charge is -2.02. The summed E-state index contributed by atoms with van der Waals surface area (Å²) < 4.78 is 26.1. The molecule has 4 nitrogen and oxygen atoms in total. The molecule has 0 saturated heterocycles. The molecule has 1 rings (SSSR count). The van der Waals surface area contributed by atoms with Crippen LogP contribution in [0.3, 0.4) is 0 Å². The molecule has 0 fully saturated rings. The van der Waals surface area contributed by atoms with Crippen LogP contribution in [0.25, 0.3) is 0 Å². The molecular formula is C9H15NO3S2. The molecule has 0 aromatic carbocycles. The summed E-state index contributed by atoms with van der Waals surface area (Å²) in [6, 6.07) is 1.50. The summed E-state index contributed by atoms with van der Waals surface area (Å²) in [5.74, 6) is 0. The highest BCUT2D eigenvalue weighted by atomic mass is 32.2. The Balaban J connectivity index is 2.68. The molecule has 1 aromatic heterocycles. The maximum Gasteiger partial charge on any atom is 0.250 e. The van der Waals surface area contributed by atoms with Crippen LogP contribution in [0.4, 0.5) is 0 Å². The third kappa shape index (κ3) is 3.57. The minimum Gasteiger partial charge on any atom is -0.392 e. The van der Waals surface area contributed by atoms with Crippen LogP contribution in [-0.4, -0.2) is 20.1 Å². The smallest absolute Gasteiger partial charge is 0.250 e. The maximum atomic E-state index is 11.7. The molecule has 0 aliphatic carbocycles. The SMILES string of the molecule is CCCCNS(=O)(=O)c1cc(CO)cs1. The monoisotopic (exact) mass is 249 g/mol. The summed E-state index contributed by atoms with van der Waals surface area (Å²) in [6.07, 6.45) is 1.78. The van der Waals surface area contributed by atoms with E-state index in [1.165, 1.54) is 6.07 Å². The molecule has 1 aromatic rings. The number of nitrogens with one attached hydrogen (secondary N) is 1. The Hall–Kier alpha value is -0.430. The molecule has 86 valence electrons. The number of hydrogen-bond acceptors (Lipinski definition) is 4. The van der Waals surface area contributed by atoms with Crippen molar-refractivity contribution < 1.29 is 13.5 Å². The molecule has 0 aliphatic heterocycles. The minimum atomic E-state index is -3.36. The molecule has 1 heterocycles. The molecule has 2 N–H and O–H groups in total. The van der Waals surface area contributed by atoms with Crippen LogP contribution in [-0.2, 0) is 16.6 Å². The lowest BCUT2D eigenvalue weighted by Crippen LogP contribution is -2.23. The predicted molar refractivity (Wildman–Crippen MR) is 60.3 cm³/mol. The zero-order chi connectivity index (χ0) is 11.3. The van der Waals surface area contributed by atoms with Gasteiger partial charge < -0.3 is 5.11 Å². The highest BCUT2D eigenvalue weighted by molar-refractivity contribution is 7.91. The first kappa shape index (κ1) is 12.6. The van der Waals surface area contributed by atoms with Crippen molar-refractivity contribution in [2.75, 3.05) is 6.54 Å². The second-order valence-corrected chi connectivity index (χ2v) is 6.09. The third-order valence-corrected chi connectivity index (χ3v) is 4.85. The number of aliphatic hydroxyl groups excluding tert-OH is 1. The van der Waals surface area contributed by atoms with Gasteiger partial charge in [0.15, 0.2) is 0 Å². The van der Waals surface area contributed by atoms with E-state index in [4.69, 9.17) is 5.11 Å². The van der Waals surface area contributed by atoms with Gasteiger partial charge in [-0.05, 0) is 23.4 Å². The first-order valence-corrected chi connectivity index (χ1v) is 7.14.